The Balaban J connectivity index is 3.35. The second kappa shape index (κ2) is 4.92. The third kappa shape index (κ3) is 4.29. The van der Waals surface area contributed by atoms with E-state index in [9.17, 15) is 8.42 Å². The van der Waals surface area contributed by atoms with Crippen LogP contribution in [0.15, 0.2) is 34.7 Å². The summed E-state index contributed by atoms with van der Waals surface area (Å²) in [6.45, 7) is 0. The molecule has 1 aromatic carbocycles. The minimum atomic E-state index is -3.62. The van der Waals surface area contributed by atoms with Crippen LogP contribution in [-0.4, -0.2) is 24.2 Å². The number of alkyl halides is 3. The van der Waals surface area contributed by atoms with E-state index in [1.54, 1.807) is 30.3 Å². The van der Waals surface area contributed by atoms with Gasteiger partial charge in [-0.25, -0.2) is 8.42 Å². The van der Waals surface area contributed by atoms with Crippen LogP contribution in [0.4, 0.5) is 0 Å². The van der Waals surface area contributed by atoms with Crippen LogP contribution in [-0.2, 0) is 10.0 Å². The molecule has 0 atom stereocenters. The molecule has 0 aliphatic heterocycles. The average molecular weight is 301 g/mol. The summed E-state index contributed by atoms with van der Waals surface area (Å²) in [6.07, 6.45) is 0.937. The molecule has 0 saturated heterocycles. The van der Waals surface area contributed by atoms with Crippen LogP contribution < -0.4 is 0 Å². The van der Waals surface area contributed by atoms with Crippen molar-refractivity contribution in [2.75, 3.05) is 6.26 Å². The van der Waals surface area contributed by atoms with Gasteiger partial charge in [-0.15, -0.1) is 0 Å². The normalized spacial score (nSPS) is 13.9. The largest absolute Gasteiger partial charge is 0.250 e. The molecule has 0 aliphatic rings. The van der Waals surface area contributed by atoms with E-state index in [-0.39, 0.29) is 5.71 Å². The van der Waals surface area contributed by atoms with Gasteiger partial charge in [-0.05, 0) is 0 Å². The van der Waals surface area contributed by atoms with Gasteiger partial charge < -0.3 is 0 Å². The Kier molecular flexibility index (Phi) is 4.23. The molecule has 0 amide bonds. The minimum Gasteiger partial charge on any atom is -0.205 e. The highest BCUT2D eigenvalue weighted by molar-refractivity contribution is 7.89. The molecular weight excluding hydrogens is 293 g/mol. The Labute approximate surface area is 109 Å². The number of benzene rings is 1. The lowest BCUT2D eigenvalue weighted by Crippen LogP contribution is -2.21. The van der Waals surface area contributed by atoms with Gasteiger partial charge in [0, 0.05) is 5.56 Å². The van der Waals surface area contributed by atoms with Crippen molar-refractivity contribution in [2.24, 2.45) is 4.40 Å². The van der Waals surface area contributed by atoms with Crippen molar-refractivity contribution in [3.63, 3.8) is 0 Å². The standard InChI is InChI=1S/C9H8Cl3NO2S/c1-16(14,15)13-8(9(10,11)12)7-5-3-2-4-6-7/h2-6H,1H3/b13-8-. The lowest BCUT2D eigenvalue weighted by atomic mass is 10.1. The molecule has 0 aliphatic carbocycles. The van der Waals surface area contributed by atoms with Crippen molar-refractivity contribution in [2.45, 2.75) is 3.79 Å². The summed E-state index contributed by atoms with van der Waals surface area (Å²) in [4.78, 5) is 0. The topological polar surface area (TPSA) is 46.5 Å². The summed E-state index contributed by atoms with van der Waals surface area (Å²) in [5, 5.41) is 0. The van der Waals surface area contributed by atoms with Crippen molar-refractivity contribution in [1.29, 1.82) is 0 Å². The van der Waals surface area contributed by atoms with Crippen LogP contribution in [0.25, 0.3) is 0 Å². The van der Waals surface area contributed by atoms with Gasteiger partial charge in [0.1, 0.15) is 5.71 Å². The Morgan fingerprint density at radius 3 is 2.06 bits per heavy atom. The number of halogens is 3. The van der Waals surface area contributed by atoms with Crippen LogP contribution in [0.5, 0.6) is 0 Å². The Bertz CT molecular complexity index is 491. The lowest BCUT2D eigenvalue weighted by molar-refractivity contribution is 0.603. The van der Waals surface area contributed by atoms with Crippen molar-refractivity contribution in [3.8, 4) is 0 Å². The molecular formula is C9H8Cl3NO2S. The molecule has 0 bridgehead atoms. The van der Waals surface area contributed by atoms with Gasteiger partial charge in [-0.2, -0.15) is 4.40 Å². The zero-order valence-corrected chi connectivity index (χ0v) is 11.3. The highest BCUT2D eigenvalue weighted by Gasteiger charge is 2.30. The zero-order valence-electron chi connectivity index (χ0n) is 8.19. The van der Waals surface area contributed by atoms with Gasteiger partial charge in [0.15, 0.2) is 0 Å². The fraction of sp³-hybridized carbons (Fsp3) is 0.222. The summed E-state index contributed by atoms with van der Waals surface area (Å²) < 4.78 is 23.8. The second-order valence-electron chi connectivity index (χ2n) is 3.04. The molecule has 0 saturated carbocycles. The number of nitrogens with zero attached hydrogens (tertiary/aromatic N) is 1. The Morgan fingerprint density at radius 1 is 1.19 bits per heavy atom. The molecule has 16 heavy (non-hydrogen) atoms. The molecule has 0 spiro atoms. The predicted octanol–water partition coefficient (Wildman–Crippen LogP) is 2.81. The first-order valence-electron chi connectivity index (χ1n) is 4.13. The van der Waals surface area contributed by atoms with E-state index in [0.717, 1.165) is 6.26 Å². The molecule has 0 aromatic heterocycles. The highest BCUT2D eigenvalue weighted by atomic mass is 35.6. The fourth-order valence-corrected chi connectivity index (χ4v) is 2.21. The third-order valence-corrected chi connectivity index (χ3v) is 2.62. The van der Waals surface area contributed by atoms with Crippen LogP contribution in [0, 0.1) is 0 Å². The summed E-state index contributed by atoms with van der Waals surface area (Å²) in [5.74, 6) is 0. The monoisotopic (exact) mass is 299 g/mol. The maximum Gasteiger partial charge on any atom is 0.250 e. The molecule has 0 N–H and O–H groups in total. The van der Waals surface area contributed by atoms with Gasteiger partial charge in [0.25, 0.3) is 10.0 Å². The van der Waals surface area contributed by atoms with Gasteiger partial charge in [-0.1, -0.05) is 65.1 Å². The molecule has 0 fully saturated rings. The van der Waals surface area contributed by atoms with Gasteiger partial charge in [0.2, 0.25) is 3.79 Å². The summed E-state index contributed by atoms with van der Waals surface area (Å²) in [6, 6.07) is 8.39. The third-order valence-electron chi connectivity index (χ3n) is 1.57. The van der Waals surface area contributed by atoms with Crippen LogP contribution >= 0.6 is 34.8 Å². The molecule has 0 unspecified atom stereocenters. The van der Waals surface area contributed by atoms with Gasteiger partial charge in [-0.3, -0.25) is 0 Å². The first kappa shape index (κ1) is 13.8. The van der Waals surface area contributed by atoms with Gasteiger partial charge >= 0.3 is 0 Å². The van der Waals surface area contributed by atoms with Crippen molar-refractivity contribution < 1.29 is 8.42 Å². The molecule has 7 heteroatoms. The second-order valence-corrected chi connectivity index (χ2v) is 6.97. The fourth-order valence-electron chi connectivity index (χ4n) is 1.03. The van der Waals surface area contributed by atoms with E-state index >= 15 is 0 Å². The van der Waals surface area contributed by atoms with E-state index < -0.39 is 13.8 Å². The molecule has 3 nitrogen and oxygen atoms in total. The van der Waals surface area contributed by atoms with Crippen molar-refractivity contribution in [1.82, 2.24) is 0 Å². The maximum absolute atomic E-state index is 11.1. The zero-order chi connectivity index (χ0) is 12.4. The summed E-state index contributed by atoms with van der Waals surface area (Å²) in [5.41, 5.74) is 0.341. The van der Waals surface area contributed by atoms with E-state index in [4.69, 9.17) is 34.8 Å². The van der Waals surface area contributed by atoms with E-state index in [1.165, 1.54) is 0 Å². The quantitative estimate of drug-likeness (QED) is 0.623. The van der Waals surface area contributed by atoms with Crippen LogP contribution in [0.3, 0.4) is 0 Å². The number of sulfonamides is 1. The summed E-state index contributed by atoms with van der Waals surface area (Å²) >= 11 is 17.0. The van der Waals surface area contributed by atoms with E-state index in [1.807, 2.05) is 0 Å². The van der Waals surface area contributed by atoms with Crippen molar-refractivity contribution >= 4 is 50.5 Å². The maximum atomic E-state index is 11.1. The molecule has 1 rings (SSSR count). The Hall–Kier alpha value is -0.290. The van der Waals surface area contributed by atoms with E-state index in [2.05, 4.69) is 4.40 Å². The van der Waals surface area contributed by atoms with Crippen LogP contribution in [0.2, 0.25) is 0 Å². The predicted molar refractivity (Wildman–Crippen MR) is 68.1 cm³/mol. The molecule has 0 radical (unpaired) electrons. The molecule has 0 heterocycles. The first-order valence-corrected chi connectivity index (χ1v) is 7.11. The smallest absolute Gasteiger partial charge is 0.205 e. The lowest BCUT2D eigenvalue weighted by Gasteiger charge is -2.14. The van der Waals surface area contributed by atoms with Gasteiger partial charge in [0.05, 0.1) is 6.26 Å². The average Bonchev–Trinajstić information content (AvgIpc) is 2.13. The minimum absolute atomic E-state index is 0.111. The Morgan fingerprint density at radius 2 is 1.69 bits per heavy atom. The van der Waals surface area contributed by atoms with Crippen molar-refractivity contribution in [3.05, 3.63) is 35.9 Å². The summed E-state index contributed by atoms with van der Waals surface area (Å²) in [7, 11) is -3.62. The molecule has 88 valence electrons. The highest BCUT2D eigenvalue weighted by Crippen LogP contribution is 2.31. The number of hydrogen-bond donors (Lipinski definition) is 0. The number of hydrogen-bond acceptors (Lipinski definition) is 2. The SMILES string of the molecule is CS(=O)(=O)/N=C(/c1ccccc1)C(Cl)(Cl)Cl. The molecule has 1 aromatic rings. The number of rotatable bonds is 2. The first-order chi connectivity index (χ1) is 7.20. The van der Waals surface area contributed by atoms with E-state index in [0.29, 0.717) is 5.56 Å². The van der Waals surface area contributed by atoms with Crippen LogP contribution in [0.1, 0.15) is 5.56 Å².